The van der Waals surface area contributed by atoms with Crippen molar-refractivity contribution in [1.82, 2.24) is 0 Å². The average Bonchev–Trinajstić information content (AvgIpc) is 2.37. The second-order valence-electron chi connectivity index (χ2n) is 4.51. The number of aryl methyl sites for hydroxylation is 1. The zero-order chi connectivity index (χ0) is 11.2. The van der Waals surface area contributed by atoms with Gasteiger partial charge in [0.05, 0.1) is 4.92 Å². The Kier molecular flexibility index (Phi) is 1.96. The van der Waals surface area contributed by atoms with Gasteiger partial charge in [-0.25, -0.2) is 0 Å². The minimum Gasteiger partial charge on any atom is -0.480 e. The Bertz CT molecular complexity index is 438. The van der Waals surface area contributed by atoms with Crippen molar-refractivity contribution in [2.75, 3.05) is 0 Å². The molecule has 0 saturated carbocycles. The molecule has 80 valence electrons. The zero-order valence-electron chi connectivity index (χ0n) is 9.03. The Morgan fingerprint density at radius 1 is 1.47 bits per heavy atom. The van der Waals surface area contributed by atoms with E-state index in [1.54, 1.807) is 13.0 Å². The molecule has 0 spiro atoms. The van der Waals surface area contributed by atoms with Crippen molar-refractivity contribution in [2.24, 2.45) is 0 Å². The zero-order valence-corrected chi connectivity index (χ0v) is 9.03. The van der Waals surface area contributed by atoms with Gasteiger partial charge in [-0.1, -0.05) is 12.1 Å². The van der Waals surface area contributed by atoms with Gasteiger partial charge in [-0.15, -0.1) is 0 Å². The molecule has 0 unspecified atom stereocenters. The van der Waals surface area contributed by atoms with Crippen molar-refractivity contribution < 1.29 is 9.66 Å². The van der Waals surface area contributed by atoms with E-state index in [-0.39, 0.29) is 16.2 Å². The summed E-state index contributed by atoms with van der Waals surface area (Å²) in [6.45, 7) is 5.60. The Hall–Kier alpha value is -1.58. The molecule has 4 heteroatoms. The van der Waals surface area contributed by atoms with Gasteiger partial charge in [0, 0.05) is 17.5 Å². The minimum atomic E-state index is -0.366. The Labute approximate surface area is 88.0 Å². The lowest BCUT2D eigenvalue weighted by molar-refractivity contribution is -0.386. The molecule has 1 aliphatic rings. The average molecular weight is 207 g/mol. The first kappa shape index (κ1) is 9.96. The number of fused-ring (bicyclic) bond motifs is 1. The van der Waals surface area contributed by atoms with Gasteiger partial charge in [0.2, 0.25) is 5.75 Å². The topological polar surface area (TPSA) is 52.4 Å². The second-order valence-corrected chi connectivity index (χ2v) is 4.51. The maximum atomic E-state index is 10.9. The molecular formula is C11H13NO3. The van der Waals surface area contributed by atoms with Crippen molar-refractivity contribution in [3.8, 4) is 5.75 Å². The Balaban J connectivity index is 2.60. The largest absolute Gasteiger partial charge is 0.480 e. The van der Waals surface area contributed by atoms with Crippen LogP contribution in [0.15, 0.2) is 12.1 Å². The molecule has 0 aromatic heterocycles. The number of ether oxygens (including phenoxy) is 1. The highest BCUT2D eigenvalue weighted by molar-refractivity contribution is 5.59. The van der Waals surface area contributed by atoms with Gasteiger partial charge in [0.25, 0.3) is 0 Å². The Morgan fingerprint density at radius 3 is 2.73 bits per heavy atom. The number of hydrogen-bond donors (Lipinski definition) is 0. The summed E-state index contributed by atoms with van der Waals surface area (Å²) in [5.74, 6) is 0.449. The summed E-state index contributed by atoms with van der Waals surface area (Å²) < 4.78 is 5.63. The molecular weight excluding hydrogens is 194 g/mol. The molecule has 0 atom stereocenters. The van der Waals surface area contributed by atoms with Gasteiger partial charge in [-0.05, 0) is 20.8 Å². The van der Waals surface area contributed by atoms with Crippen LogP contribution in [-0.2, 0) is 6.42 Å². The molecule has 1 aromatic carbocycles. The maximum absolute atomic E-state index is 10.9. The smallest absolute Gasteiger partial charge is 0.314 e. The Morgan fingerprint density at radius 2 is 2.13 bits per heavy atom. The molecule has 0 radical (unpaired) electrons. The summed E-state index contributed by atoms with van der Waals surface area (Å²) in [7, 11) is 0. The molecule has 0 aliphatic carbocycles. The van der Waals surface area contributed by atoms with E-state index < -0.39 is 0 Å². The van der Waals surface area contributed by atoms with Crippen molar-refractivity contribution in [2.45, 2.75) is 32.8 Å². The van der Waals surface area contributed by atoms with Crippen LogP contribution in [0.4, 0.5) is 5.69 Å². The highest BCUT2D eigenvalue weighted by Gasteiger charge is 2.36. The van der Waals surface area contributed by atoms with Crippen molar-refractivity contribution in [3.63, 3.8) is 0 Å². The predicted molar refractivity (Wildman–Crippen MR) is 56.2 cm³/mol. The summed E-state index contributed by atoms with van der Waals surface area (Å²) in [6, 6.07) is 3.69. The van der Waals surface area contributed by atoms with E-state index in [1.165, 1.54) is 0 Å². The van der Waals surface area contributed by atoms with Crippen LogP contribution in [-0.4, -0.2) is 10.5 Å². The van der Waals surface area contributed by atoms with Gasteiger partial charge in [-0.2, -0.15) is 0 Å². The summed E-state index contributed by atoms with van der Waals surface area (Å²) in [5.41, 5.74) is 1.35. The third kappa shape index (κ3) is 1.56. The second kappa shape index (κ2) is 2.95. The van der Waals surface area contributed by atoms with Crippen LogP contribution in [0.3, 0.4) is 0 Å². The first-order valence-corrected chi connectivity index (χ1v) is 4.86. The van der Waals surface area contributed by atoms with Gasteiger partial charge in [0.15, 0.2) is 0 Å². The van der Waals surface area contributed by atoms with Gasteiger partial charge in [0.1, 0.15) is 5.60 Å². The molecule has 1 heterocycles. The van der Waals surface area contributed by atoms with Crippen LogP contribution in [0.25, 0.3) is 0 Å². The van der Waals surface area contributed by atoms with Crippen LogP contribution in [0, 0.1) is 17.0 Å². The highest BCUT2D eigenvalue weighted by Crippen LogP contribution is 2.43. The van der Waals surface area contributed by atoms with E-state index >= 15 is 0 Å². The van der Waals surface area contributed by atoms with Crippen LogP contribution in [0.2, 0.25) is 0 Å². The van der Waals surface area contributed by atoms with Crippen molar-refractivity contribution >= 4 is 5.69 Å². The summed E-state index contributed by atoms with van der Waals surface area (Å²) >= 11 is 0. The standard InChI is InChI=1S/C11H13NO3/c1-7-4-5-8-6-11(2,3)15-10(8)9(7)12(13)14/h4-5H,6H2,1-3H3. The number of nitro benzene ring substituents is 1. The number of benzene rings is 1. The molecule has 0 N–H and O–H groups in total. The fourth-order valence-electron chi connectivity index (χ4n) is 1.96. The van der Waals surface area contributed by atoms with E-state index in [2.05, 4.69) is 0 Å². The summed E-state index contributed by atoms with van der Waals surface area (Å²) in [6.07, 6.45) is 0.726. The molecule has 4 nitrogen and oxygen atoms in total. The van der Waals surface area contributed by atoms with E-state index in [0.29, 0.717) is 11.3 Å². The molecule has 15 heavy (non-hydrogen) atoms. The number of nitro groups is 1. The minimum absolute atomic E-state index is 0.109. The number of nitrogens with zero attached hydrogens (tertiary/aromatic N) is 1. The normalized spacial score (nSPS) is 17.0. The van der Waals surface area contributed by atoms with E-state index in [9.17, 15) is 10.1 Å². The van der Waals surface area contributed by atoms with Gasteiger partial charge < -0.3 is 4.74 Å². The lowest BCUT2D eigenvalue weighted by atomic mass is 10.0. The summed E-state index contributed by atoms with van der Waals surface area (Å²) in [4.78, 5) is 10.6. The van der Waals surface area contributed by atoms with E-state index in [0.717, 1.165) is 12.0 Å². The van der Waals surface area contributed by atoms with Crippen molar-refractivity contribution in [3.05, 3.63) is 33.4 Å². The first-order chi connectivity index (χ1) is 6.91. The predicted octanol–water partition coefficient (Wildman–Crippen LogP) is 2.62. The van der Waals surface area contributed by atoms with Crippen LogP contribution < -0.4 is 4.74 Å². The fraction of sp³-hybridized carbons (Fsp3) is 0.455. The SMILES string of the molecule is Cc1ccc2c(c1[N+](=O)[O-])OC(C)(C)C2. The van der Waals surface area contributed by atoms with Gasteiger partial charge >= 0.3 is 5.69 Å². The molecule has 1 aliphatic heterocycles. The lowest BCUT2D eigenvalue weighted by Crippen LogP contribution is -2.24. The third-order valence-corrected chi connectivity index (χ3v) is 2.59. The molecule has 0 amide bonds. The molecule has 1 aromatic rings. The first-order valence-electron chi connectivity index (χ1n) is 4.86. The molecule has 0 fully saturated rings. The van der Waals surface area contributed by atoms with Crippen LogP contribution >= 0.6 is 0 Å². The summed E-state index contributed by atoms with van der Waals surface area (Å²) in [5, 5.41) is 10.9. The van der Waals surface area contributed by atoms with Gasteiger partial charge in [-0.3, -0.25) is 10.1 Å². The van der Waals surface area contributed by atoms with Crippen LogP contribution in [0.1, 0.15) is 25.0 Å². The van der Waals surface area contributed by atoms with E-state index in [1.807, 2.05) is 19.9 Å². The monoisotopic (exact) mass is 207 g/mol. The third-order valence-electron chi connectivity index (χ3n) is 2.59. The molecule has 0 bridgehead atoms. The van der Waals surface area contributed by atoms with E-state index in [4.69, 9.17) is 4.74 Å². The van der Waals surface area contributed by atoms with Crippen molar-refractivity contribution in [1.29, 1.82) is 0 Å². The quantitative estimate of drug-likeness (QED) is 0.525. The maximum Gasteiger partial charge on any atom is 0.314 e. The molecule has 2 rings (SSSR count). The fourth-order valence-corrected chi connectivity index (χ4v) is 1.96. The lowest BCUT2D eigenvalue weighted by Gasteiger charge is -2.16. The number of hydrogen-bond acceptors (Lipinski definition) is 3. The highest BCUT2D eigenvalue weighted by atomic mass is 16.6. The molecule has 0 saturated heterocycles. The number of rotatable bonds is 1. The van der Waals surface area contributed by atoms with Crippen LogP contribution in [0.5, 0.6) is 5.75 Å².